The van der Waals surface area contributed by atoms with Crippen LogP contribution in [0.5, 0.6) is 0 Å². The average Bonchev–Trinajstić information content (AvgIpc) is 3.47. The molecule has 0 spiro atoms. The fourth-order valence-electron chi connectivity index (χ4n) is 8.21. The zero-order chi connectivity index (χ0) is 35.5. The Balaban J connectivity index is 1.18. The summed E-state index contributed by atoms with van der Waals surface area (Å²) in [6.07, 6.45) is 0. The summed E-state index contributed by atoms with van der Waals surface area (Å²) in [6, 6.07) is 62.8. The van der Waals surface area contributed by atoms with Gasteiger partial charge < -0.3 is 0 Å². The second kappa shape index (κ2) is 12.3. The summed E-state index contributed by atoms with van der Waals surface area (Å²) in [4.78, 5) is 15.9. The van der Waals surface area contributed by atoms with Gasteiger partial charge in [0.1, 0.15) is 8.07 Å². The monoisotopic (exact) mass is 693 g/mol. The van der Waals surface area contributed by atoms with Gasteiger partial charge in [0.05, 0.1) is 0 Å². The van der Waals surface area contributed by atoms with E-state index in [2.05, 4.69) is 189 Å². The van der Waals surface area contributed by atoms with Gasteiger partial charge in [0.25, 0.3) is 0 Å². The normalized spacial score (nSPS) is 12.9. The molecule has 9 aromatic rings. The van der Waals surface area contributed by atoms with Crippen molar-refractivity contribution < 1.29 is 0 Å². The molecular formula is C49H35N3Si. The van der Waals surface area contributed by atoms with E-state index in [1.54, 1.807) is 0 Å². The van der Waals surface area contributed by atoms with Crippen molar-refractivity contribution in [2.24, 2.45) is 0 Å². The molecule has 4 heteroatoms. The molecule has 250 valence electrons. The molecule has 53 heavy (non-hydrogen) atoms. The predicted molar refractivity (Wildman–Crippen MR) is 224 cm³/mol. The summed E-state index contributed by atoms with van der Waals surface area (Å²) in [6.45, 7) is 4.93. The first kappa shape index (κ1) is 31.3. The van der Waals surface area contributed by atoms with E-state index in [0.717, 1.165) is 33.4 Å². The van der Waals surface area contributed by atoms with Gasteiger partial charge in [-0.15, -0.1) is 0 Å². The summed E-state index contributed by atoms with van der Waals surface area (Å²) >= 11 is 0. The maximum Gasteiger partial charge on any atom is 0.164 e. The number of fused-ring (bicyclic) bond motifs is 6. The van der Waals surface area contributed by atoms with Crippen molar-refractivity contribution >= 4 is 40.0 Å². The summed E-state index contributed by atoms with van der Waals surface area (Å²) in [5, 5.41) is 7.89. The molecular weight excluding hydrogens is 659 g/mol. The van der Waals surface area contributed by atoms with Gasteiger partial charge in [-0.3, -0.25) is 0 Å². The molecule has 0 bridgehead atoms. The van der Waals surface area contributed by atoms with Gasteiger partial charge in [-0.1, -0.05) is 183 Å². The highest BCUT2D eigenvalue weighted by Gasteiger charge is 2.40. The first-order valence-corrected chi connectivity index (χ1v) is 21.2. The summed E-state index contributed by atoms with van der Waals surface area (Å²) in [5.41, 5.74) is 10.1. The maximum absolute atomic E-state index is 5.35. The lowest BCUT2D eigenvalue weighted by Gasteiger charge is -2.19. The average molecular weight is 694 g/mol. The third-order valence-corrected chi connectivity index (χ3v) is 14.5. The smallest absolute Gasteiger partial charge is 0.164 e. The van der Waals surface area contributed by atoms with Crippen molar-refractivity contribution in [3.05, 3.63) is 176 Å². The molecule has 0 N–H and O–H groups in total. The molecule has 0 radical (unpaired) electrons. The fraction of sp³-hybridized carbons (Fsp3) is 0.0408. The lowest BCUT2D eigenvalue weighted by molar-refractivity contribution is 1.08. The molecule has 1 aliphatic heterocycles. The van der Waals surface area contributed by atoms with E-state index in [1.165, 1.54) is 48.6 Å². The maximum atomic E-state index is 5.35. The van der Waals surface area contributed by atoms with Crippen LogP contribution in [0.15, 0.2) is 176 Å². The van der Waals surface area contributed by atoms with E-state index in [9.17, 15) is 0 Å². The van der Waals surface area contributed by atoms with Crippen LogP contribution in [-0.2, 0) is 0 Å². The third-order valence-electron chi connectivity index (χ3n) is 10.9. The second-order valence-corrected chi connectivity index (χ2v) is 18.7. The van der Waals surface area contributed by atoms with Gasteiger partial charge >= 0.3 is 0 Å². The Morgan fingerprint density at radius 2 is 0.906 bits per heavy atom. The van der Waals surface area contributed by atoms with Gasteiger partial charge in [-0.2, -0.15) is 0 Å². The highest BCUT2D eigenvalue weighted by molar-refractivity contribution is 7.04. The predicted octanol–water partition coefficient (Wildman–Crippen LogP) is 11.3. The van der Waals surface area contributed by atoms with Crippen LogP contribution in [0.25, 0.3) is 89.1 Å². The van der Waals surface area contributed by atoms with Crippen LogP contribution < -0.4 is 10.4 Å². The minimum Gasteiger partial charge on any atom is -0.208 e. The first-order valence-electron chi connectivity index (χ1n) is 18.2. The minimum atomic E-state index is -2.00. The SMILES string of the molecule is C[Si]1(C)c2cccc(-c3nc(-c4ccc(-c5ccc6ccccc6c5)cc4)nc(-c4ccccc4-c4ccccc4)n3)c2-c2c1ccc1ccccc21. The molecule has 0 saturated heterocycles. The molecule has 0 saturated carbocycles. The van der Waals surface area contributed by atoms with Gasteiger partial charge in [0, 0.05) is 16.7 Å². The zero-order valence-electron chi connectivity index (χ0n) is 29.6. The lowest BCUT2D eigenvalue weighted by atomic mass is 9.94. The van der Waals surface area contributed by atoms with Gasteiger partial charge in [0.15, 0.2) is 17.5 Å². The van der Waals surface area contributed by atoms with Crippen LogP contribution in [0, 0.1) is 0 Å². The summed E-state index contributed by atoms with van der Waals surface area (Å²) in [5.74, 6) is 2.00. The van der Waals surface area contributed by atoms with Gasteiger partial charge in [-0.25, -0.2) is 15.0 Å². The number of rotatable bonds is 5. The molecule has 10 rings (SSSR count). The molecule has 0 aliphatic carbocycles. The molecule has 3 nitrogen and oxygen atoms in total. The molecule has 1 aliphatic rings. The van der Waals surface area contributed by atoms with E-state index in [0.29, 0.717) is 17.5 Å². The third kappa shape index (κ3) is 5.22. The van der Waals surface area contributed by atoms with Crippen molar-refractivity contribution in [3.8, 4) is 67.5 Å². The largest absolute Gasteiger partial charge is 0.208 e. The number of aromatic nitrogens is 3. The van der Waals surface area contributed by atoms with Crippen LogP contribution in [-0.4, -0.2) is 23.0 Å². The molecule has 0 atom stereocenters. The molecule has 8 aromatic carbocycles. The van der Waals surface area contributed by atoms with Crippen LogP contribution in [0.1, 0.15) is 0 Å². The Morgan fingerprint density at radius 3 is 1.72 bits per heavy atom. The summed E-state index contributed by atoms with van der Waals surface area (Å²) < 4.78 is 0. The minimum absolute atomic E-state index is 0.656. The quantitative estimate of drug-likeness (QED) is 0.168. The fourth-order valence-corrected chi connectivity index (χ4v) is 11.3. The Bertz CT molecular complexity index is 2860. The van der Waals surface area contributed by atoms with Crippen LogP contribution in [0.4, 0.5) is 0 Å². The molecule has 1 aromatic heterocycles. The Kier molecular flexibility index (Phi) is 7.27. The number of benzene rings is 8. The van der Waals surface area contributed by atoms with Crippen molar-refractivity contribution in [1.82, 2.24) is 15.0 Å². The topological polar surface area (TPSA) is 38.7 Å². The number of nitrogens with zero attached hydrogens (tertiary/aromatic N) is 3. The Hall–Kier alpha value is -6.49. The van der Waals surface area contributed by atoms with E-state index in [1.807, 2.05) is 0 Å². The van der Waals surface area contributed by atoms with Crippen molar-refractivity contribution in [3.63, 3.8) is 0 Å². The van der Waals surface area contributed by atoms with Crippen LogP contribution >= 0.6 is 0 Å². The standard InChI is InChI=1S/C49H35N3Si/c1-53(2)43-22-12-21-42(46(43)45-40-19-9-8-16-35(40)29-30-44(45)53)49-51-47(50-48(52-49)41-20-11-10-18-39(41)34-14-4-3-5-15-34)36-26-23-33(24-27-36)38-28-25-32-13-6-7-17-37(32)31-38/h3-31H,1-2H3. The van der Waals surface area contributed by atoms with Crippen LogP contribution in [0.2, 0.25) is 13.1 Å². The molecule has 0 amide bonds. The molecule has 2 heterocycles. The van der Waals surface area contributed by atoms with E-state index in [-0.39, 0.29) is 0 Å². The second-order valence-electron chi connectivity index (χ2n) is 14.4. The number of hydrogen-bond donors (Lipinski definition) is 0. The first-order chi connectivity index (χ1) is 26.0. The lowest BCUT2D eigenvalue weighted by Crippen LogP contribution is -2.49. The summed E-state index contributed by atoms with van der Waals surface area (Å²) in [7, 11) is -2.00. The zero-order valence-corrected chi connectivity index (χ0v) is 30.6. The Morgan fingerprint density at radius 1 is 0.340 bits per heavy atom. The van der Waals surface area contributed by atoms with Crippen molar-refractivity contribution in [2.75, 3.05) is 0 Å². The van der Waals surface area contributed by atoms with Gasteiger partial charge in [-0.05, 0) is 71.4 Å². The highest BCUT2D eigenvalue weighted by Crippen LogP contribution is 2.41. The van der Waals surface area contributed by atoms with E-state index >= 15 is 0 Å². The van der Waals surface area contributed by atoms with Crippen molar-refractivity contribution in [2.45, 2.75) is 13.1 Å². The molecule has 0 unspecified atom stereocenters. The number of hydrogen-bond acceptors (Lipinski definition) is 3. The van der Waals surface area contributed by atoms with Gasteiger partial charge in [0.2, 0.25) is 0 Å². The van der Waals surface area contributed by atoms with E-state index in [4.69, 9.17) is 15.0 Å². The molecule has 0 fully saturated rings. The highest BCUT2D eigenvalue weighted by atomic mass is 28.3. The Labute approximate surface area is 310 Å². The van der Waals surface area contributed by atoms with Crippen LogP contribution in [0.3, 0.4) is 0 Å². The van der Waals surface area contributed by atoms with Crippen molar-refractivity contribution in [1.29, 1.82) is 0 Å². The van der Waals surface area contributed by atoms with E-state index < -0.39 is 8.07 Å².